The van der Waals surface area contributed by atoms with E-state index in [4.69, 9.17) is 0 Å². The molecule has 0 fully saturated rings. The second-order valence-electron chi connectivity index (χ2n) is 6.45. The van der Waals surface area contributed by atoms with Crippen LogP contribution in [-0.4, -0.2) is 18.5 Å². The standard InChI is InChI=1S/C22H26N2/c1-2-3-4-7-18-9-11-20-12-10-19(15-21(20)14-18)16-23-17-22-8-5-6-13-24-22/h4,7,9-15,17,22H,2-3,5-6,8,16H2,1H3/b7-4+,23-17?. The zero-order valence-electron chi connectivity index (χ0n) is 14.5. The van der Waals surface area contributed by atoms with Crippen LogP contribution in [0.3, 0.4) is 0 Å². The fourth-order valence-electron chi connectivity index (χ4n) is 3.00. The van der Waals surface area contributed by atoms with Gasteiger partial charge in [-0.1, -0.05) is 49.8 Å². The van der Waals surface area contributed by atoms with Gasteiger partial charge < -0.3 is 0 Å². The number of benzene rings is 2. The Morgan fingerprint density at radius 2 is 2.08 bits per heavy atom. The highest BCUT2D eigenvalue weighted by Gasteiger charge is 2.05. The van der Waals surface area contributed by atoms with Crippen LogP contribution in [0.5, 0.6) is 0 Å². The summed E-state index contributed by atoms with van der Waals surface area (Å²) in [7, 11) is 0. The third-order valence-electron chi connectivity index (χ3n) is 4.38. The molecule has 124 valence electrons. The van der Waals surface area contributed by atoms with Crippen molar-refractivity contribution >= 4 is 29.3 Å². The van der Waals surface area contributed by atoms with E-state index in [1.165, 1.54) is 34.7 Å². The number of fused-ring (bicyclic) bond motifs is 1. The predicted molar refractivity (Wildman–Crippen MR) is 106 cm³/mol. The summed E-state index contributed by atoms with van der Waals surface area (Å²) in [4.78, 5) is 9.08. The Kier molecular flexibility index (Phi) is 5.95. The van der Waals surface area contributed by atoms with E-state index in [1.54, 1.807) is 0 Å². The van der Waals surface area contributed by atoms with Crippen molar-refractivity contribution in [2.45, 2.75) is 51.6 Å². The number of hydrogen-bond donors (Lipinski definition) is 0. The first-order chi connectivity index (χ1) is 11.8. The van der Waals surface area contributed by atoms with Crippen LogP contribution in [0.2, 0.25) is 0 Å². The Morgan fingerprint density at radius 1 is 1.17 bits per heavy atom. The van der Waals surface area contributed by atoms with Gasteiger partial charge in [0, 0.05) is 6.21 Å². The third kappa shape index (κ3) is 4.64. The normalized spacial score (nSPS) is 18.1. The van der Waals surface area contributed by atoms with E-state index >= 15 is 0 Å². The van der Waals surface area contributed by atoms with Gasteiger partial charge in [-0.3, -0.25) is 9.98 Å². The lowest BCUT2D eigenvalue weighted by molar-refractivity contribution is 0.690. The summed E-state index contributed by atoms with van der Waals surface area (Å²) in [6.07, 6.45) is 14.3. The van der Waals surface area contributed by atoms with Crippen molar-refractivity contribution in [3.8, 4) is 0 Å². The van der Waals surface area contributed by atoms with E-state index in [9.17, 15) is 0 Å². The molecule has 2 heteroatoms. The molecule has 0 saturated carbocycles. The maximum Gasteiger partial charge on any atom is 0.0842 e. The van der Waals surface area contributed by atoms with Gasteiger partial charge in [0.2, 0.25) is 0 Å². The smallest absolute Gasteiger partial charge is 0.0842 e. The van der Waals surface area contributed by atoms with E-state index in [1.807, 2.05) is 12.4 Å². The molecule has 1 heterocycles. The molecule has 1 aliphatic rings. The van der Waals surface area contributed by atoms with Gasteiger partial charge >= 0.3 is 0 Å². The van der Waals surface area contributed by atoms with Crippen LogP contribution < -0.4 is 0 Å². The van der Waals surface area contributed by atoms with Crippen molar-refractivity contribution in [3.05, 3.63) is 53.6 Å². The number of aliphatic imine (C=N–C) groups is 2. The van der Waals surface area contributed by atoms with Gasteiger partial charge in [-0.25, -0.2) is 0 Å². The van der Waals surface area contributed by atoms with E-state index in [2.05, 4.69) is 65.5 Å². The second kappa shape index (κ2) is 8.58. The molecule has 0 bridgehead atoms. The van der Waals surface area contributed by atoms with Crippen LogP contribution in [0.1, 0.15) is 50.2 Å². The van der Waals surface area contributed by atoms with Crippen molar-refractivity contribution in [3.63, 3.8) is 0 Å². The summed E-state index contributed by atoms with van der Waals surface area (Å²) < 4.78 is 0. The Labute approximate surface area is 145 Å². The predicted octanol–water partition coefficient (Wildman–Crippen LogP) is 5.85. The minimum Gasteiger partial charge on any atom is -0.291 e. The van der Waals surface area contributed by atoms with Gasteiger partial charge in [-0.05, 0) is 65.9 Å². The molecule has 2 aromatic carbocycles. The molecular weight excluding hydrogens is 292 g/mol. The molecule has 2 aromatic rings. The zero-order valence-corrected chi connectivity index (χ0v) is 14.5. The summed E-state index contributed by atoms with van der Waals surface area (Å²) in [5, 5.41) is 2.57. The van der Waals surface area contributed by atoms with Crippen molar-refractivity contribution in [1.82, 2.24) is 0 Å². The van der Waals surface area contributed by atoms with Crippen LogP contribution in [0.15, 0.2) is 52.5 Å². The quantitative estimate of drug-likeness (QED) is 0.597. The molecule has 1 atom stereocenters. The number of nitrogens with zero attached hydrogens (tertiary/aromatic N) is 2. The molecule has 0 amide bonds. The first-order valence-corrected chi connectivity index (χ1v) is 9.06. The summed E-state index contributed by atoms with van der Waals surface area (Å²) in [5.74, 6) is 0. The number of unbranched alkanes of at least 4 members (excludes halogenated alkanes) is 1. The highest BCUT2D eigenvalue weighted by atomic mass is 14.8. The first kappa shape index (κ1) is 16.6. The number of rotatable bonds is 6. The molecule has 0 radical (unpaired) electrons. The third-order valence-corrected chi connectivity index (χ3v) is 4.38. The van der Waals surface area contributed by atoms with Gasteiger partial charge in [-0.2, -0.15) is 0 Å². The van der Waals surface area contributed by atoms with Crippen LogP contribution in [-0.2, 0) is 6.54 Å². The lowest BCUT2D eigenvalue weighted by atomic mass is 10.0. The highest BCUT2D eigenvalue weighted by molar-refractivity contribution is 5.85. The molecule has 0 saturated heterocycles. The van der Waals surface area contributed by atoms with E-state index in [-0.39, 0.29) is 6.04 Å². The molecule has 0 spiro atoms. The number of allylic oxidation sites excluding steroid dienone is 1. The average Bonchev–Trinajstić information content (AvgIpc) is 2.62. The fourth-order valence-corrected chi connectivity index (χ4v) is 3.00. The molecule has 1 aliphatic heterocycles. The van der Waals surface area contributed by atoms with E-state index in [0.29, 0.717) is 0 Å². The summed E-state index contributed by atoms with van der Waals surface area (Å²) in [5.41, 5.74) is 2.53. The van der Waals surface area contributed by atoms with Gasteiger partial charge in [0.1, 0.15) is 0 Å². The average molecular weight is 318 g/mol. The second-order valence-corrected chi connectivity index (χ2v) is 6.45. The summed E-state index contributed by atoms with van der Waals surface area (Å²) in [6.45, 7) is 2.94. The van der Waals surface area contributed by atoms with Crippen molar-refractivity contribution in [2.24, 2.45) is 9.98 Å². The fraction of sp³-hybridized carbons (Fsp3) is 0.364. The van der Waals surface area contributed by atoms with Crippen molar-refractivity contribution in [2.75, 3.05) is 0 Å². The van der Waals surface area contributed by atoms with Crippen molar-refractivity contribution in [1.29, 1.82) is 0 Å². The maximum absolute atomic E-state index is 4.60. The van der Waals surface area contributed by atoms with Gasteiger partial charge in [0.25, 0.3) is 0 Å². The van der Waals surface area contributed by atoms with E-state index in [0.717, 1.165) is 25.8 Å². The maximum atomic E-state index is 4.60. The summed E-state index contributed by atoms with van der Waals surface area (Å²) in [6, 6.07) is 13.6. The molecule has 24 heavy (non-hydrogen) atoms. The van der Waals surface area contributed by atoms with Gasteiger partial charge in [0.15, 0.2) is 0 Å². The Bertz CT molecular complexity index is 756. The molecule has 1 unspecified atom stereocenters. The Balaban J connectivity index is 1.70. The Hall–Kier alpha value is -2.22. The molecule has 0 aromatic heterocycles. The zero-order chi connectivity index (χ0) is 16.6. The summed E-state index contributed by atoms with van der Waals surface area (Å²) >= 11 is 0. The van der Waals surface area contributed by atoms with Gasteiger partial charge in [0.05, 0.1) is 12.6 Å². The van der Waals surface area contributed by atoms with Crippen LogP contribution in [0.25, 0.3) is 16.8 Å². The monoisotopic (exact) mass is 318 g/mol. The lowest BCUT2D eigenvalue weighted by Crippen LogP contribution is -2.10. The van der Waals surface area contributed by atoms with Crippen LogP contribution in [0.4, 0.5) is 0 Å². The SMILES string of the molecule is CCC/C=C/c1ccc2ccc(CN=CC3CCCC=N3)cc2c1. The van der Waals surface area contributed by atoms with E-state index < -0.39 is 0 Å². The molecule has 2 nitrogen and oxygen atoms in total. The van der Waals surface area contributed by atoms with Crippen molar-refractivity contribution < 1.29 is 0 Å². The Morgan fingerprint density at radius 3 is 2.92 bits per heavy atom. The van der Waals surface area contributed by atoms with Crippen LogP contribution >= 0.6 is 0 Å². The van der Waals surface area contributed by atoms with Gasteiger partial charge in [-0.15, -0.1) is 0 Å². The highest BCUT2D eigenvalue weighted by Crippen LogP contribution is 2.19. The minimum atomic E-state index is 0.287. The largest absolute Gasteiger partial charge is 0.291 e. The number of hydrogen-bond acceptors (Lipinski definition) is 2. The molecule has 3 rings (SSSR count). The lowest BCUT2D eigenvalue weighted by Gasteiger charge is -2.10. The van der Waals surface area contributed by atoms with Crippen LogP contribution in [0, 0.1) is 0 Å². The molecule has 0 aliphatic carbocycles. The molecular formula is C22H26N2. The molecule has 0 N–H and O–H groups in total. The minimum absolute atomic E-state index is 0.287. The first-order valence-electron chi connectivity index (χ1n) is 9.06. The topological polar surface area (TPSA) is 24.7 Å².